The summed E-state index contributed by atoms with van der Waals surface area (Å²) in [5.41, 5.74) is -0.536. The quantitative estimate of drug-likeness (QED) is 0.569. The molecule has 0 aromatic heterocycles. The Bertz CT molecular complexity index is 367. The fraction of sp³-hybridized carbons (Fsp3) is 0.933. The van der Waals surface area contributed by atoms with Crippen LogP contribution in [-0.4, -0.2) is 59.3 Å². The highest BCUT2D eigenvalue weighted by Crippen LogP contribution is 2.35. The summed E-state index contributed by atoms with van der Waals surface area (Å²) in [5, 5.41) is 31.8. The van der Waals surface area contributed by atoms with Crippen LogP contribution in [0.3, 0.4) is 0 Å². The van der Waals surface area contributed by atoms with Crippen molar-refractivity contribution in [3.8, 4) is 0 Å². The van der Waals surface area contributed by atoms with Crippen LogP contribution in [0.15, 0.2) is 0 Å². The molecular weight excluding hydrogens is 274 g/mol. The van der Waals surface area contributed by atoms with E-state index in [4.69, 9.17) is 4.74 Å². The lowest BCUT2D eigenvalue weighted by molar-refractivity contribution is -0.135. The van der Waals surface area contributed by atoms with Crippen LogP contribution in [0.2, 0.25) is 0 Å². The Balaban J connectivity index is 1.97. The van der Waals surface area contributed by atoms with E-state index in [0.29, 0.717) is 19.6 Å². The Morgan fingerprint density at radius 1 is 1.24 bits per heavy atom. The fourth-order valence-corrected chi connectivity index (χ4v) is 3.41. The fourth-order valence-electron chi connectivity index (χ4n) is 3.41. The SMILES string of the molecule is CC(C)(C(=O)N[C@@H]1C[C@H](CO)[C@@H](O)[C@H]1O)C1CCOCC1. The molecule has 0 unspecified atom stereocenters. The number of carbonyl (C=O) groups excluding carboxylic acids is 1. The topological polar surface area (TPSA) is 99.0 Å². The first-order valence-electron chi connectivity index (χ1n) is 7.73. The second-order valence-electron chi connectivity index (χ2n) is 6.85. The zero-order valence-electron chi connectivity index (χ0n) is 12.8. The summed E-state index contributed by atoms with van der Waals surface area (Å²) in [7, 11) is 0. The van der Waals surface area contributed by atoms with E-state index >= 15 is 0 Å². The summed E-state index contributed by atoms with van der Waals surface area (Å²) in [4.78, 5) is 12.6. The van der Waals surface area contributed by atoms with Crippen molar-refractivity contribution in [1.29, 1.82) is 0 Å². The van der Waals surface area contributed by atoms with Crippen molar-refractivity contribution in [1.82, 2.24) is 5.32 Å². The molecule has 4 N–H and O–H groups in total. The molecule has 122 valence electrons. The van der Waals surface area contributed by atoms with Gasteiger partial charge in [-0.05, 0) is 25.2 Å². The zero-order valence-corrected chi connectivity index (χ0v) is 12.8. The molecule has 0 spiro atoms. The van der Waals surface area contributed by atoms with E-state index in [1.54, 1.807) is 0 Å². The first kappa shape index (κ1) is 16.7. The molecule has 2 aliphatic rings. The minimum Gasteiger partial charge on any atom is -0.396 e. The molecule has 0 radical (unpaired) electrons. The molecule has 1 heterocycles. The van der Waals surface area contributed by atoms with Gasteiger partial charge in [0.25, 0.3) is 0 Å². The number of amides is 1. The predicted octanol–water partition coefficient (Wildman–Crippen LogP) is -0.342. The van der Waals surface area contributed by atoms with Gasteiger partial charge in [0.1, 0.15) is 6.10 Å². The van der Waals surface area contributed by atoms with E-state index < -0.39 is 23.7 Å². The van der Waals surface area contributed by atoms with E-state index in [-0.39, 0.29) is 24.3 Å². The molecular formula is C15H27NO5. The van der Waals surface area contributed by atoms with Crippen LogP contribution in [0.1, 0.15) is 33.1 Å². The van der Waals surface area contributed by atoms with Crippen molar-refractivity contribution in [2.45, 2.75) is 51.4 Å². The molecule has 1 aliphatic carbocycles. The largest absolute Gasteiger partial charge is 0.396 e. The summed E-state index contributed by atoms with van der Waals surface area (Å²) in [5.74, 6) is -0.232. The Morgan fingerprint density at radius 2 is 1.86 bits per heavy atom. The van der Waals surface area contributed by atoms with Gasteiger partial charge in [0.2, 0.25) is 5.91 Å². The lowest BCUT2D eigenvalue weighted by Gasteiger charge is -2.36. The van der Waals surface area contributed by atoms with Gasteiger partial charge in [-0.25, -0.2) is 0 Å². The monoisotopic (exact) mass is 301 g/mol. The summed E-state index contributed by atoms with van der Waals surface area (Å²) in [6.45, 7) is 5.00. The van der Waals surface area contributed by atoms with Gasteiger partial charge in [-0.1, -0.05) is 13.8 Å². The van der Waals surface area contributed by atoms with Gasteiger partial charge in [0.15, 0.2) is 0 Å². The van der Waals surface area contributed by atoms with Crippen molar-refractivity contribution in [2.24, 2.45) is 17.3 Å². The molecule has 4 atom stereocenters. The third-order valence-corrected chi connectivity index (χ3v) is 5.18. The summed E-state index contributed by atoms with van der Waals surface area (Å²) in [6.07, 6.45) is 0.113. The van der Waals surface area contributed by atoms with Gasteiger partial charge in [0.05, 0.1) is 12.1 Å². The van der Waals surface area contributed by atoms with Gasteiger partial charge in [0, 0.05) is 31.2 Å². The van der Waals surface area contributed by atoms with Crippen LogP contribution in [-0.2, 0) is 9.53 Å². The highest BCUT2D eigenvalue weighted by molar-refractivity contribution is 5.82. The Morgan fingerprint density at radius 3 is 2.38 bits per heavy atom. The number of carbonyl (C=O) groups is 1. The standard InChI is InChI=1S/C15H27NO5/c1-15(2,10-3-5-21-6-4-10)14(20)16-11-7-9(8-17)12(18)13(11)19/h9-13,17-19H,3-8H2,1-2H3,(H,16,20)/t9-,11-,12-,13+/m1/s1. The maximum absolute atomic E-state index is 12.6. The second kappa shape index (κ2) is 6.60. The number of ether oxygens (including phenoxy) is 1. The van der Waals surface area contributed by atoms with E-state index in [1.165, 1.54) is 0 Å². The van der Waals surface area contributed by atoms with E-state index in [9.17, 15) is 20.1 Å². The maximum atomic E-state index is 12.6. The number of hydrogen-bond acceptors (Lipinski definition) is 5. The van der Waals surface area contributed by atoms with Gasteiger partial charge < -0.3 is 25.4 Å². The van der Waals surface area contributed by atoms with E-state index in [0.717, 1.165) is 12.8 Å². The molecule has 0 aromatic carbocycles. The van der Waals surface area contributed by atoms with Crippen LogP contribution in [0, 0.1) is 17.3 Å². The van der Waals surface area contributed by atoms with E-state index in [1.807, 2.05) is 13.8 Å². The Labute approximate surface area is 125 Å². The molecule has 6 heteroatoms. The number of aliphatic hydroxyl groups excluding tert-OH is 3. The van der Waals surface area contributed by atoms with Gasteiger partial charge >= 0.3 is 0 Å². The van der Waals surface area contributed by atoms with Crippen LogP contribution in [0.5, 0.6) is 0 Å². The normalized spacial score (nSPS) is 34.9. The highest BCUT2D eigenvalue weighted by Gasteiger charge is 2.44. The minimum absolute atomic E-state index is 0.107. The predicted molar refractivity (Wildman–Crippen MR) is 76.5 cm³/mol. The van der Waals surface area contributed by atoms with Crippen LogP contribution >= 0.6 is 0 Å². The zero-order chi connectivity index (χ0) is 15.6. The van der Waals surface area contributed by atoms with Crippen molar-refractivity contribution >= 4 is 5.91 Å². The first-order valence-corrected chi connectivity index (χ1v) is 7.73. The number of rotatable bonds is 4. The van der Waals surface area contributed by atoms with Crippen molar-refractivity contribution in [3.05, 3.63) is 0 Å². The molecule has 2 rings (SSSR count). The minimum atomic E-state index is -1.02. The van der Waals surface area contributed by atoms with Gasteiger partial charge in [-0.3, -0.25) is 4.79 Å². The van der Waals surface area contributed by atoms with Crippen LogP contribution < -0.4 is 5.32 Å². The Kier molecular flexibility index (Phi) is 5.24. The summed E-state index contributed by atoms with van der Waals surface area (Å²) in [6, 6.07) is -0.497. The Hall–Kier alpha value is -0.690. The maximum Gasteiger partial charge on any atom is 0.226 e. The lowest BCUT2D eigenvalue weighted by Crippen LogP contribution is -2.50. The average molecular weight is 301 g/mol. The van der Waals surface area contributed by atoms with Crippen molar-refractivity contribution in [3.63, 3.8) is 0 Å². The molecule has 21 heavy (non-hydrogen) atoms. The average Bonchev–Trinajstić information content (AvgIpc) is 2.76. The molecule has 1 aliphatic heterocycles. The third-order valence-electron chi connectivity index (χ3n) is 5.18. The van der Waals surface area contributed by atoms with Crippen LogP contribution in [0.4, 0.5) is 0 Å². The molecule has 1 saturated carbocycles. The summed E-state index contributed by atoms with van der Waals surface area (Å²) >= 11 is 0. The van der Waals surface area contributed by atoms with Gasteiger partial charge in [-0.15, -0.1) is 0 Å². The smallest absolute Gasteiger partial charge is 0.226 e. The van der Waals surface area contributed by atoms with Crippen molar-refractivity contribution < 1.29 is 24.9 Å². The first-order chi connectivity index (χ1) is 9.87. The molecule has 0 aromatic rings. The molecule has 0 bridgehead atoms. The number of aliphatic hydroxyl groups is 3. The second-order valence-corrected chi connectivity index (χ2v) is 6.85. The lowest BCUT2D eigenvalue weighted by atomic mass is 9.74. The number of hydrogen-bond donors (Lipinski definition) is 4. The molecule has 6 nitrogen and oxygen atoms in total. The highest BCUT2D eigenvalue weighted by atomic mass is 16.5. The van der Waals surface area contributed by atoms with E-state index in [2.05, 4.69) is 5.32 Å². The molecule has 1 saturated heterocycles. The third kappa shape index (κ3) is 3.39. The van der Waals surface area contributed by atoms with Crippen LogP contribution in [0.25, 0.3) is 0 Å². The number of nitrogens with one attached hydrogen (secondary N) is 1. The van der Waals surface area contributed by atoms with Crippen molar-refractivity contribution in [2.75, 3.05) is 19.8 Å². The van der Waals surface area contributed by atoms with Gasteiger partial charge in [-0.2, -0.15) is 0 Å². The molecule has 1 amide bonds. The molecule has 2 fully saturated rings. The summed E-state index contributed by atoms with van der Waals surface area (Å²) < 4.78 is 5.34.